The summed E-state index contributed by atoms with van der Waals surface area (Å²) < 4.78 is 24.8. The molecule has 2 aromatic rings. The number of hydrazone groups is 1. The highest BCUT2D eigenvalue weighted by molar-refractivity contribution is 7.92. The van der Waals surface area contributed by atoms with E-state index >= 15 is 0 Å². The fourth-order valence-corrected chi connectivity index (χ4v) is 3.10. The number of nitrogens with one attached hydrogen (secondary N) is 1. The second-order valence-electron chi connectivity index (χ2n) is 5.36. The lowest BCUT2D eigenvalue weighted by Crippen LogP contribution is -2.38. The normalized spacial score (nSPS) is 11.3. The molecule has 0 bridgehead atoms. The molecule has 0 unspecified atom stereocenters. The summed E-state index contributed by atoms with van der Waals surface area (Å²) in [5, 5.41) is 14.7. The molecule has 0 spiro atoms. The first-order valence-corrected chi connectivity index (χ1v) is 9.69. The molecule has 0 saturated heterocycles. The highest BCUT2D eigenvalue weighted by Gasteiger charge is 2.20. The molecule has 11 heteroatoms. The van der Waals surface area contributed by atoms with Crippen molar-refractivity contribution in [2.75, 3.05) is 17.1 Å². The Morgan fingerprint density at radius 1 is 1.30 bits per heavy atom. The van der Waals surface area contributed by atoms with E-state index in [9.17, 15) is 23.3 Å². The van der Waals surface area contributed by atoms with E-state index < -0.39 is 27.4 Å². The lowest BCUT2D eigenvalue weighted by Gasteiger charge is -2.21. The van der Waals surface area contributed by atoms with E-state index in [1.165, 1.54) is 18.2 Å². The zero-order chi connectivity index (χ0) is 20.0. The van der Waals surface area contributed by atoms with Crippen LogP contribution in [0.2, 0.25) is 5.02 Å². The predicted octanol–water partition coefficient (Wildman–Crippen LogP) is 2.16. The minimum absolute atomic E-state index is 0.181. The largest absolute Gasteiger partial charge is 0.271 e. The molecule has 1 amide bonds. The van der Waals surface area contributed by atoms with Gasteiger partial charge in [-0.15, -0.1) is 0 Å². The maximum atomic E-state index is 12.1. The second-order valence-corrected chi connectivity index (χ2v) is 7.68. The molecule has 0 radical (unpaired) electrons. The van der Waals surface area contributed by atoms with Crippen LogP contribution < -0.4 is 9.73 Å². The summed E-state index contributed by atoms with van der Waals surface area (Å²) in [5.41, 5.74) is 2.56. The zero-order valence-electron chi connectivity index (χ0n) is 14.1. The van der Waals surface area contributed by atoms with Crippen LogP contribution in [0.15, 0.2) is 53.6 Å². The fraction of sp³-hybridized carbons (Fsp3) is 0.125. The molecule has 2 aromatic carbocycles. The van der Waals surface area contributed by atoms with Gasteiger partial charge in [-0.05, 0) is 18.2 Å². The van der Waals surface area contributed by atoms with Gasteiger partial charge < -0.3 is 0 Å². The van der Waals surface area contributed by atoms with Crippen LogP contribution in [0.4, 0.5) is 11.4 Å². The summed E-state index contributed by atoms with van der Waals surface area (Å²) >= 11 is 5.93. The maximum absolute atomic E-state index is 12.1. The smallest absolute Gasteiger partial charge is 0.270 e. The number of halogens is 1. The van der Waals surface area contributed by atoms with Gasteiger partial charge in [-0.25, -0.2) is 13.8 Å². The van der Waals surface area contributed by atoms with Crippen LogP contribution >= 0.6 is 11.6 Å². The third-order valence-corrected chi connectivity index (χ3v) is 4.80. The Kier molecular flexibility index (Phi) is 6.48. The Morgan fingerprint density at radius 3 is 2.56 bits per heavy atom. The van der Waals surface area contributed by atoms with Crippen LogP contribution in [0.1, 0.15) is 5.56 Å². The molecule has 0 fully saturated rings. The third kappa shape index (κ3) is 5.76. The first-order valence-electron chi connectivity index (χ1n) is 7.47. The number of carbonyl (C=O) groups excluding carboxylic acids is 1. The summed E-state index contributed by atoms with van der Waals surface area (Å²) in [6.07, 6.45) is 2.12. The third-order valence-electron chi connectivity index (χ3n) is 3.32. The van der Waals surface area contributed by atoms with Crippen molar-refractivity contribution in [3.8, 4) is 0 Å². The number of rotatable bonds is 7. The quantitative estimate of drug-likeness (QED) is 0.425. The minimum Gasteiger partial charge on any atom is -0.271 e. The van der Waals surface area contributed by atoms with Crippen molar-refractivity contribution >= 4 is 45.1 Å². The maximum Gasteiger partial charge on any atom is 0.270 e. The van der Waals surface area contributed by atoms with Gasteiger partial charge in [0.2, 0.25) is 10.0 Å². The number of hydrogen-bond donors (Lipinski definition) is 1. The summed E-state index contributed by atoms with van der Waals surface area (Å²) in [6, 6.07) is 11.9. The summed E-state index contributed by atoms with van der Waals surface area (Å²) in [5.74, 6) is -0.693. The van der Waals surface area contributed by atoms with Gasteiger partial charge in [-0.2, -0.15) is 5.10 Å². The Labute approximate surface area is 160 Å². The summed E-state index contributed by atoms with van der Waals surface area (Å²) in [4.78, 5) is 22.2. The van der Waals surface area contributed by atoms with E-state index in [0.717, 1.165) is 16.8 Å². The van der Waals surface area contributed by atoms with Crippen molar-refractivity contribution in [1.82, 2.24) is 5.43 Å². The van der Waals surface area contributed by atoms with Crippen molar-refractivity contribution < 1.29 is 18.1 Å². The van der Waals surface area contributed by atoms with E-state index in [0.29, 0.717) is 5.69 Å². The molecule has 0 heterocycles. The van der Waals surface area contributed by atoms with Gasteiger partial charge in [-0.1, -0.05) is 29.8 Å². The molecule has 9 nitrogen and oxygen atoms in total. The van der Waals surface area contributed by atoms with E-state index in [4.69, 9.17) is 11.6 Å². The molecular formula is C16H15ClN4O5S. The van der Waals surface area contributed by atoms with E-state index in [-0.39, 0.29) is 16.3 Å². The summed E-state index contributed by atoms with van der Waals surface area (Å²) in [6.45, 7) is -0.483. The van der Waals surface area contributed by atoms with Crippen LogP contribution in [-0.2, 0) is 14.8 Å². The number of nitro groups is 1. The monoisotopic (exact) mass is 410 g/mol. The number of para-hydroxylation sites is 1. The zero-order valence-corrected chi connectivity index (χ0v) is 15.6. The van der Waals surface area contributed by atoms with Gasteiger partial charge in [-0.3, -0.25) is 19.2 Å². The van der Waals surface area contributed by atoms with Crippen molar-refractivity contribution in [2.45, 2.75) is 0 Å². The molecule has 27 heavy (non-hydrogen) atoms. The first-order chi connectivity index (χ1) is 12.7. The topological polar surface area (TPSA) is 122 Å². The highest BCUT2D eigenvalue weighted by Crippen LogP contribution is 2.20. The molecule has 0 aliphatic carbocycles. The number of hydrogen-bond acceptors (Lipinski definition) is 6. The van der Waals surface area contributed by atoms with Crippen LogP contribution in [0.5, 0.6) is 0 Å². The predicted molar refractivity (Wildman–Crippen MR) is 102 cm³/mol. The van der Waals surface area contributed by atoms with Gasteiger partial charge >= 0.3 is 0 Å². The molecule has 142 valence electrons. The Hall–Kier alpha value is -2.98. The van der Waals surface area contributed by atoms with E-state index in [1.54, 1.807) is 30.3 Å². The van der Waals surface area contributed by atoms with E-state index in [2.05, 4.69) is 10.5 Å². The molecule has 0 atom stereocenters. The fourth-order valence-electron chi connectivity index (χ4n) is 2.08. The number of carbonyl (C=O) groups is 1. The Morgan fingerprint density at radius 2 is 1.96 bits per heavy atom. The number of benzene rings is 2. The van der Waals surface area contributed by atoms with Gasteiger partial charge in [0.05, 0.1) is 23.1 Å². The highest BCUT2D eigenvalue weighted by atomic mass is 35.5. The molecule has 0 aromatic heterocycles. The molecule has 0 aliphatic rings. The standard InChI is InChI=1S/C16H15ClN4O5S/c1-27(25,26)20(13-5-3-2-4-6-13)11-16(22)19-18-10-12-9-14(21(23)24)7-8-15(12)17/h2-10H,11H2,1H3,(H,19,22). The van der Waals surface area contributed by atoms with Crippen LogP contribution in [0, 0.1) is 10.1 Å². The van der Waals surface area contributed by atoms with Crippen molar-refractivity contribution in [3.63, 3.8) is 0 Å². The number of anilines is 1. The first kappa shape index (κ1) is 20.3. The van der Waals surface area contributed by atoms with E-state index in [1.807, 2.05) is 0 Å². The van der Waals surface area contributed by atoms with Crippen LogP contribution in [0.3, 0.4) is 0 Å². The summed E-state index contributed by atoms with van der Waals surface area (Å²) in [7, 11) is -3.69. The molecule has 1 N–H and O–H groups in total. The van der Waals surface area contributed by atoms with Crippen molar-refractivity contribution in [2.24, 2.45) is 5.10 Å². The Balaban J connectivity index is 2.10. The van der Waals surface area contributed by atoms with Crippen LogP contribution in [0.25, 0.3) is 0 Å². The number of sulfonamides is 1. The van der Waals surface area contributed by atoms with Crippen molar-refractivity contribution in [1.29, 1.82) is 0 Å². The van der Waals surface area contributed by atoms with Gasteiger partial charge in [0.15, 0.2) is 0 Å². The van der Waals surface area contributed by atoms with Gasteiger partial charge in [0.25, 0.3) is 11.6 Å². The Bertz CT molecular complexity index is 980. The van der Waals surface area contributed by atoms with Gasteiger partial charge in [0.1, 0.15) is 6.54 Å². The average molecular weight is 411 g/mol. The SMILES string of the molecule is CS(=O)(=O)N(CC(=O)NN=Cc1cc([N+](=O)[O-])ccc1Cl)c1ccccc1. The molecular weight excluding hydrogens is 396 g/mol. The number of amides is 1. The molecule has 0 aliphatic heterocycles. The lowest BCUT2D eigenvalue weighted by atomic mass is 10.2. The molecule has 0 saturated carbocycles. The second kappa shape index (κ2) is 8.60. The van der Waals surface area contributed by atoms with Crippen LogP contribution in [-0.4, -0.2) is 38.3 Å². The van der Waals surface area contributed by atoms with Gasteiger partial charge in [0, 0.05) is 22.7 Å². The lowest BCUT2D eigenvalue weighted by molar-refractivity contribution is -0.384. The molecule has 2 rings (SSSR count). The minimum atomic E-state index is -3.69. The average Bonchev–Trinajstić information content (AvgIpc) is 2.61. The number of non-ortho nitro benzene ring substituents is 1. The number of nitrogens with zero attached hydrogens (tertiary/aromatic N) is 3. The van der Waals surface area contributed by atoms with Crippen molar-refractivity contribution in [3.05, 3.63) is 69.2 Å². The number of nitro benzene ring substituents is 1.